The van der Waals surface area contributed by atoms with Gasteiger partial charge in [0.05, 0.1) is 31.0 Å². The van der Waals surface area contributed by atoms with Gasteiger partial charge in [0.1, 0.15) is 11.4 Å². The van der Waals surface area contributed by atoms with E-state index in [1.807, 2.05) is 0 Å². The van der Waals surface area contributed by atoms with Crippen LogP contribution < -0.4 is 10.2 Å². The molecule has 2 fully saturated rings. The van der Waals surface area contributed by atoms with Crippen LogP contribution in [-0.4, -0.2) is 49.4 Å². The number of carbonyl (C=O) groups excluding carboxylic acids is 1. The molecule has 0 radical (unpaired) electrons. The average Bonchev–Trinajstić information content (AvgIpc) is 3.15. The van der Waals surface area contributed by atoms with Gasteiger partial charge in [-0.2, -0.15) is 13.2 Å². The molecule has 0 saturated carbocycles. The number of rotatable bonds is 4. The molecule has 1 aromatic rings. The minimum atomic E-state index is -4.48. The number of nitrogens with zero attached hydrogens (tertiary/aromatic N) is 2. The third-order valence-electron chi connectivity index (χ3n) is 4.94. The Bertz CT molecular complexity index is 622. The molecule has 1 aromatic heterocycles. The number of hydrogen-bond donors (Lipinski definition) is 1. The number of piperidine rings is 1. The molecule has 1 unspecified atom stereocenters. The van der Waals surface area contributed by atoms with Crippen LogP contribution >= 0.6 is 0 Å². The van der Waals surface area contributed by atoms with Gasteiger partial charge in [0.2, 0.25) is 5.91 Å². The molecule has 26 heavy (non-hydrogen) atoms. The van der Waals surface area contributed by atoms with Crippen molar-refractivity contribution in [3.63, 3.8) is 0 Å². The van der Waals surface area contributed by atoms with E-state index in [9.17, 15) is 22.4 Å². The molecule has 1 N–H and O–H groups in total. The maximum absolute atomic E-state index is 14.9. The first-order chi connectivity index (χ1) is 12.3. The van der Waals surface area contributed by atoms with E-state index in [4.69, 9.17) is 4.74 Å². The van der Waals surface area contributed by atoms with Gasteiger partial charge in [0, 0.05) is 32.5 Å². The first-order valence-corrected chi connectivity index (χ1v) is 8.59. The third-order valence-corrected chi connectivity index (χ3v) is 4.94. The van der Waals surface area contributed by atoms with E-state index in [0.29, 0.717) is 38.4 Å². The van der Waals surface area contributed by atoms with E-state index in [-0.39, 0.29) is 31.2 Å². The lowest BCUT2D eigenvalue weighted by molar-refractivity contribution is -0.141. The smallest absolute Gasteiger partial charge is 0.381 e. The van der Waals surface area contributed by atoms with Crippen molar-refractivity contribution in [2.75, 3.05) is 37.7 Å². The van der Waals surface area contributed by atoms with Crippen LogP contribution in [0, 0.1) is 5.92 Å². The fourth-order valence-electron chi connectivity index (χ4n) is 3.21. The summed E-state index contributed by atoms with van der Waals surface area (Å²) in [5, 5.41) is 2.66. The molecule has 2 saturated heterocycles. The van der Waals surface area contributed by atoms with Crippen LogP contribution in [0.3, 0.4) is 0 Å². The van der Waals surface area contributed by atoms with Crippen LogP contribution in [0.15, 0.2) is 18.3 Å². The topological polar surface area (TPSA) is 54.5 Å². The van der Waals surface area contributed by atoms with Gasteiger partial charge in [0.15, 0.2) is 0 Å². The number of carbonyl (C=O) groups is 1. The number of alkyl halides is 4. The maximum Gasteiger partial charge on any atom is 0.433 e. The standard InChI is InChI=1S/C17H21F4N3O2/c18-16(11-23-15(25)12-3-8-26-10-12)4-6-24(7-5-16)13-1-2-14(22-9-13)17(19,20)21/h1-2,9,12H,3-8,10-11H2,(H,23,25). The molecule has 0 bridgehead atoms. The summed E-state index contributed by atoms with van der Waals surface area (Å²) in [6, 6.07) is 2.28. The molecule has 1 atom stereocenters. The quantitative estimate of drug-likeness (QED) is 0.822. The van der Waals surface area contributed by atoms with Crippen LogP contribution in [0.25, 0.3) is 0 Å². The summed E-state index contributed by atoms with van der Waals surface area (Å²) in [5.74, 6) is -0.397. The second kappa shape index (κ2) is 7.38. The van der Waals surface area contributed by atoms with E-state index in [2.05, 4.69) is 10.3 Å². The van der Waals surface area contributed by atoms with Crippen LogP contribution in [0.1, 0.15) is 25.0 Å². The number of nitrogens with one attached hydrogen (secondary N) is 1. The summed E-state index contributed by atoms with van der Waals surface area (Å²) in [7, 11) is 0. The number of pyridine rings is 1. The zero-order chi connectivity index (χ0) is 18.8. The van der Waals surface area contributed by atoms with Gasteiger partial charge >= 0.3 is 6.18 Å². The number of aromatic nitrogens is 1. The van der Waals surface area contributed by atoms with Crippen molar-refractivity contribution in [1.82, 2.24) is 10.3 Å². The van der Waals surface area contributed by atoms with E-state index < -0.39 is 17.5 Å². The molecule has 144 valence electrons. The molecule has 3 rings (SSSR count). The van der Waals surface area contributed by atoms with Crippen LogP contribution in [-0.2, 0) is 15.7 Å². The number of hydrogen-bond acceptors (Lipinski definition) is 4. The molecule has 2 aliphatic heterocycles. The van der Waals surface area contributed by atoms with Crippen molar-refractivity contribution in [2.45, 2.75) is 31.1 Å². The van der Waals surface area contributed by atoms with Gasteiger partial charge in [-0.3, -0.25) is 4.79 Å². The number of halogens is 4. The van der Waals surface area contributed by atoms with E-state index in [0.717, 1.165) is 12.3 Å². The normalized spacial score (nSPS) is 23.1. The van der Waals surface area contributed by atoms with Crippen molar-refractivity contribution in [1.29, 1.82) is 0 Å². The molecule has 0 aromatic carbocycles. The molecule has 1 amide bonds. The highest BCUT2D eigenvalue weighted by Gasteiger charge is 2.36. The minimum Gasteiger partial charge on any atom is -0.381 e. The van der Waals surface area contributed by atoms with Gasteiger partial charge < -0.3 is 15.0 Å². The van der Waals surface area contributed by atoms with Crippen molar-refractivity contribution < 1.29 is 27.1 Å². The summed E-state index contributed by atoms with van der Waals surface area (Å²) in [5.41, 5.74) is -1.92. The Labute approximate surface area is 148 Å². The Morgan fingerprint density at radius 1 is 1.35 bits per heavy atom. The lowest BCUT2D eigenvalue weighted by Gasteiger charge is -2.37. The predicted molar refractivity (Wildman–Crippen MR) is 86.5 cm³/mol. The molecule has 0 spiro atoms. The Balaban J connectivity index is 1.50. The van der Waals surface area contributed by atoms with Crippen molar-refractivity contribution in [3.05, 3.63) is 24.0 Å². The van der Waals surface area contributed by atoms with Crippen molar-refractivity contribution in [2.24, 2.45) is 5.92 Å². The fraction of sp³-hybridized carbons (Fsp3) is 0.647. The van der Waals surface area contributed by atoms with Crippen LogP contribution in [0.2, 0.25) is 0 Å². The summed E-state index contributed by atoms with van der Waals surface area (Å²) < 4.78 is 57.7. The van der Waals surface area contributed by atoms with E-state index >= 15 is 0 Å². The zero-order valence-corrected chi connectivity index (χ0v) is 14.2. The summed E-state index contributed by atoms with van der Waals surface area (Å²) >= 11 is 0. The monoisotopic (exact) mass is 375 g/mol. The molecule has 9 heteroatoms. The molecule has 5 nitrogen and oxygen atoms in total. The molecule has 3 heterocycles. The lowest BCUT2D eigenvalue weighted by Crippen LogP contribution is -2.49. The Kier molecular flexibility index (Phi) is 5.36. The molecular formula is C17H21F4N3O2. The van der Waals surface area contributed by atoms with Gasteiger partial charge in [-0.05, 0) is 18.6 Å². The average molecular weight is 375 g/mol. The van der Waals surface area contributed by atoms with E-state index in [1.165, 1.54) is 6.07 Å². The van der Waals surface area contributed by atoms with Gasteiger partial charge in [0.25, 0.3) is 0 Å². The molecule has 2 aliphatic rings. The minimum absolute atomic E-state index is 0.0541. The Hall–Kier alpha value is -1.90. The highest BCUT2D eigenvalue weighted by atomic mass is 19.4. The van der Waals surface area contributed by atoms with Crippen LogP contribution in [0.4, 0.5) is 23.2 Å². The van der Waals surface area contributed by atoms with Gasteiger partial charge in [-0.15, -0.1) is 0 Å². The van der Waals surface area contributed by atoms with Crippen molar-refractivity contribution >= 4 is 11.6 Å². The maximum atomic E-state index is 14.9. The largest absolute Gasteiger partial charge is 0.433 e. The van der Waals surface area contributed by atoms with E-state index in [1.54, 1.807) is 4.90 Å². The molecule has 0 aliphatic carbocycles. The van der Waals surface area contributed by atoms with Crippen LogP contribution in [0.5, 0.6) is 0 Å². The summed E-state index contributed by atoms with van der Waals surface area (Å²) in [6.07, 6.45) is -2.28. The Morgan fingerprint density at radius 3 is 2.62 bits per heavy atom. The number of anilines is 1. The number of ether oxygens (including phenoxy) is 1. The highest BCUT2D eigenvalue weighted by molar-refractivity contribution is 5.79. The summed E-state index contributed by atoms with van der Waals surface area (Å²) in [6.45, 7) is 1.58. The zero-order valence-electron chi connectivity index (χ0n) is 14.2. The number of amides is 1. The SMILES string of the molecule is O=C(NCC1(F)CCN(c2ccc(C(F)(F)F)nc2)CC1)C1CCOC1. The second-order valence-corrected chi connectivity index (χ2v) is 6.82. The highest BCUT2D eigenvalue weighted by Crippen LogP contribution is 2.31. The third kappa shape index (κ3) is 4.44. The van der Waals surface area contributed by atoms with Crippen molar-refractivity contribution in [3.8, 4) is 0 Å². The predicted octanol–water partition coefficient (Wildman–Crippen LogP) is 2.56. The van der Waals surface area contributed by atoms with Gasteiger partial charge in [-0.25, -0.2) is 9.37 Å². The lowest BCUT2D eigenvalue weighted by atomic mass is 9.92. The summed E-state index contributed by atoms with van der Waals surface area (Å²) in [4.78, 5) is 17.2. The fourth-order valence-corrected chi connectivity index (χ4v) is 3.21. The Morgan fingerprint density at radius 2 is 2.08 bits per heavy atom. The first kappa shape index (κ1) is 18.9. The molecular weight excluding hydrogens is 354 g/mol. The second-order valence-electron chi connectivity index (χ2n) is 6.82. The van der Waals surface area contributed by atoms with Gasteiger partial charge in [-0.1, -0.05) is 0 Å². The first-order valence-electron chi connectivity index (χ1n) is 8.59.